The van der Waals surface area contributed by atoms with Gasteiger partial charge in [0, 0.05) is 5.69 Å². The number of benzene rings is 2. The Kier molecular flexibility index (Phi) is 4.75. The monoisotopic (exact) mass is 333 g/mol. The molecule has 0 amide bonds. The quantitative estimate of drug-likeness (QED) is 0.879. The number of anilines is 1. The van der Waals surface area contributed by atoms with Crippen molar-refractivity contribution in [1.82, 2.24) is 0 Å². The first-order valence-corrected chi connectivity index (χ1v) is 8.68. The molecule has 2 N–H and O–H groups in total. The molecule has 23 heavy (non-hydrogen) atoms. The van der Waals surface area contributed by atoms with E-state index in [4.69, 9.17) is 5.11 Å². The zero-order valence-corrected chi connectivity index (χ0v) is 14.1. The Balaban J connectivity index is 2.50. The first-order valence-electron chi connectivity index (χ1n) is 7.20. The van der Waals surface area contributed by atoms with Crippen molar-refractivity contribution in [3.05, 3.63) is 58.7 Å². The number of rotatable bonds is 5. The maximum absolute atomic E-state index is 12.7. The van der Waals surface area contributed by atoms with Gasteiger partial charge in [0.25, 0.3) is 10.0 Å². The van der Waals surface area contributed by atoms with Crippen LogP contribution in [0.4, 0.5) is 5.69 Å². The van der Waals surface area contributed by atoms with Crippen LogP contribution in [0.1, 0.15) is 34.0 Å². The van der Waals surface area contributed by atoms with Crippen LogP contribution in [-0.4, -0.2) is 19.5 Å². The van der Waals surface area contributed by atoms with E-state index in [1.165, 1.54) is 12.1 Å². The van der Waals surface area contributed by atoms with Gasteiger partial charge >= 0.3 is 5.97 Å². The summed E-state index contributed by atoms with van der Waals surface area (Å²) in [7, 11) is -3.86. The number of carboxylic acid groups (broad SMARTS) is 1. The molecular weight excluding hydrogens is 314 g/mol. The Morgan fingerprint density at radius 1 is 1.09 bits per heavy atom. The molecule has 0 saturated heterocycles. The number of sulfonamides is 1. The van der Waals surface area contributed by atoms with Crippen LogP contribution in [-0.2, 0) is 16.4 Å². The third-order valence-corrected chi connectivity index (χ3v) is 4.92. The van der Waals surface area contributed by atoms with E-state index in [9.17, 15) is 13.2 Å². The highest BCUT2D eigenvalue weighted by molar-refractivity contribution is 7.92. The summed E-state index contributed by atoms with van der Waals surface area (Å²) in [6.45, 7) is 5.59. The van der Waals surface area contributed by atoms with Gasteiger partial charge in [-0.05, 0) is 61.2 Å². The van der Waals surface area contributed by atoms with Crippen molar-refractivity contribution >= 4 is 21.7 Å². The molecule has 2 aromatic carbocycles. The Labute approximate surface area is 136 Å². The Morgan fingerprint density at radius 2 is 1.70 bits per heavy atom. The van der Waals surface area contributed by atoms with Crippen molar-refractivity contribution in [2.24, 2.45) is 0 Å². The van der Waals surface area contributed by atoms with Crippen molar-refractivity contribution in [2.45, 2.75) is 32.1 Å². The normalized spacial score (nSPS) is 11.3. The number of hydrogen-bond donors (Lipinski definition) is 2. The van der Waals surface area contributed by atoms with Crippen LogP contribution in [0.2, 0.25) is 0 Å². The van der Waals surface area contributed by atoms with Gasteiger partial charge in [-0.2, -0.15) is 0 Å². The van der Waals surface area contributed by atoms with Gasteiger partial charge in [-0.3, -0.25) is 4.72 Å². The second-order valence-corrected chi connectivity index (χ2v) is 7.11. The van der Waals surface area contributed by atoms with Crippen LogP contribution in [0, 0.1) is 13.8 Å². The number of aromatic carboxylic acids is 1. The summed E-state index contributed by atoms with van der Waals surface area (Å²) in [5.74, 6) is -1.16. The van der Waals surface area contributed by atoms with E-state index in [0.717, 1.165) is 11.1 Å². The van der Waals surface area contributed by atoms with Gasteiger partial charge in [0.05, 0.1) is 10.5 Å². The molecule has 122 valence electrons. The van der Waals surface area contributed by atoms with E-state index in [-0.39, 0.29) is 10.5 Å². The molecule has 0 unspecified atom stereocenters. The van der Waals surface area contributed by atoms with E-state index >= 15 is 0 Å². The lowest BCUT2D eigenvalue weighted by Crippen LogP contribution is -2.16. The Bertz CT molecular complexity index is 837. The van der Waals surface area contributed by atoms with Crippen molar-refractivity contribution in [3.63, 3.8) is 0 Å². The van der Waals surface area contributed by atoms with Gasteiger partial charge in [-0.1, -0.05) is 19.1 Å². The van der Waals surface area contributed by atoms with Gasteiger partial charge in [0.2, 0.25) is 0 Å². The van der Waals surface area contributed by atoms with Crippen molar-refractivity contribution < 1.29 is 18.3 Å². The van der Waals surface area contributed by atoms with E-state index in [0.29, 0.717) is 17.7 Å². The highest BCUT2D eigenvalue weighted by Crippen LogP contribution is 2.23. The minimum absolute atomic E-state index is 0.000871. The number of carbonyl (C=O) groups is 1. The molecule has 0 bridgehead atoms. The maximum Gasteiger partial charge on any atom is 0.335 e. The molecule has 5 nitrogen and oxygen atoms in total. The summed E-state index contributed by atoms with van der Waals surface area (Å²) >= 11 is 0. The van der Waals surface area contributed by atoms with E-state index < -0.39 is 16.0 Å². The number of carboxylic acids is 1. The second kappa shape index (κ2) is 6.42. The lowest BCUT2D eigenvalue weighted by atomic mass is 10.1. The molecule has 0 saturated carbocycles. The Morgan fingerprint density at radius 3 is 2.22 bits per heavy atom. The molecular formula is C17H19NO4S. The zero-order chi connectivity index (χ0) is 17.2. The molecule has 0 aliphatic rings. The highest BCUT2D eigenvalue weighted by Gasteiger charge is 2.20. The summed E-state index contributed by atoms with van der Waals surface area (Å²) in [6.07, 6.45) is 0.489. The predicted molar refractivity (Wildman–Crippen MR) is 89.5 cm³/mol. The van der Waals surface area contributed by atoms with Crippen molar-refractivity contribution in [2.75, 3.05) is 4.72 Å². The molecule has 0 spiro atoms. The summed E-state index contributed by atoms with van der Waals surface area (Å²) in [4.78, 5) is 11.1. The van der Waals surface area contributed by atoms with Gasteiger partial charge in [0.15, 0.2) is 0 Å². The summed E-state index contributed by atoms with van der Waals surface area (Å²) < 4.78 is 27.9. The van der Waals surface area contributed by atoms with E-state index in [1.807, 2.05) is 26.8 Å². The average Bonchev–Trinajstić information content (AvgIpc) is 2.44. The van der Waals surface area contributed by atoms with Gasteiger partial charge in [0.1, 0.15) is 0 Å². The minimum Gasteiger partial charge on any atom is -0.478 e. The average molecular weight is 333 g/mol. The number of aryl methyl sites for hydroxylation is 3. The van der Waals surface area contributed by atoms with Crippen LogP contribution in [0.25, 0.3) is 0 Å². The highest BCUT2D eigenvalue weighted by atomic mass is 32.2. The third-order valence-electron chi connectivity index (χ3n) is 3.46. The van der Waals surface area contributed by atoms with Crippen LogP contribution >= 0.6 is 0 Å². The molecule has 0 aliphatic heterocycles. The molecule has 0 aliphatic carbocycles. The molecule has 2 aromatic rings. The largest absolute Gasteiger partial charge is 0.478 e. The van der Waals surface area contributed by atoms with E-state index in [1.54, 1.807) is 18.2 Å². The zero-order valence-electron chi connectivity index (χ0n) is 13.3. The predicted octanol–water partition coefficient (Wildman–Crippen LogP) is 3.36. The fraction of sp³-hybridized carbons (Fsp3) is 0.235. The lowest BCUT2D eigenvalue weighted by molar-refractivity contribution is 0.0696. The third kappa shape index (κ3) is 3.90. The van der Waals surface area contributed by atoms with Crippen LogP contribution < -0.4 is 4.72 Å². The fourth-order valence-electron chi connectivity index (χ4n) is 2.47. The molecule has 0 aromatic heterocycles. The minimum atomic E-state index is -3.86. The molecule has 2 rings (SSSR count). The first-order chi connectivity index (χ1) is 10.7. The first kappa shape index (κ1) is 17.0. The second-order valence-electron chi connectivity index (χ2n) is 5.46. The van der Waals surface area contributed by atoms with Crippen LogP contribution in [0.5, 0.6) is 0 Å². The van der Waals surface area contributed by atoms with Crippen molar-refractivity contribution in [1.29, 1.82) is 0 Å². The molecule has 0 heterocycles. The topological polar surface area (TPSA) is 83.5 Å². The molecule has 0 radical (unpaired) electrons. The van der Waals surface area contributed by atoms with Gasteiger partial charge in [-0.25, -0.2) is 13.2 Å². The maximum atomic E-state index is 12.7. The smallest absolute Gasteiger partial charge is 0.335 e. The molecule has 0 fully saturated rings. The lowest BCUT2D eigenvalue weighted by Gasteiger charge is -2.13. The number of nitrogens with one attached hydrogen (secondary N) is 1. The summed E-state index contributed by atoms with van der Waals surface area (Å²) in [5, 5.41) is 9.09. The SMILES string of the molecule is CCc1ccc(C(=O)O)cc1S(=O)(=O)Nc1cc(C)cc(C)c1. The Hall–Kier alpha value is -2.34. The van der Waals surface area contributed by atoms with Crippen molar-refractivity contribution in [3.8, 4) is 0 Å². The van der Waals surface area contributed by atoms with Crippen LogP contribution in [0.3, 0.4) is 0 Å². The van der Waals surface area contributed by atoms with Gasteiger partial charge < -0.3 is 5.11 Å². The van der Waals surface area contributed by atoms with E-state index in [2.05, 4.69) is 4.72 Å². The summed E-state index contributed by atoms with van der Waals surface area (Å²) in [5.41, 5.74) is 2.87. The molecule has 6 heteroatoms. The van der Waals surface area contributed by atoms with Gasteiger partial charge in [-0.15, -0.1) is 0 Å². The fourth-order valence-corrected chi connectivity index (χ4v) is 3.85. The van der Waals surface area contributed by atoms with Crippen LogP contribution in [0.15, 0.2) is 41.3 Å². The standard InChI is InChI=1S/C17H19NO4S/c1-4-13-5-6-14(17(19)20)10-16(13)23(21,22)18-15-8-11(2)7-12(3)9-15/h5-10,18H,4H2,1-3H3,(H,19,20). The molecule has 0 atom stereocenters. The summed E-state index contributed by atoms with van der Waals surface area (Å²) in [6, 6.07) is 9.57. The number of hydrogen-bond acceptors (Lipinski definition) is 3.